The molecule has 1 aliphatic heterocycles. The molecule has 1 fully saturated rings. The molecule has 0 bridgehead atoms. The minimum absolute atomic E-state index is 0.153. The third-order valence-electron chi connectivity index (χ3n) is 5.36. The van der Waals surface area contributed by atoms with Crippen molar-refractivity contribution >= 4 is 17.0 Å². The average molecular weight is 443 g/mol. The minimum Gasteiger partial charge on any atom is -0.503 e. The molecule has 3 heterocycles. The quantitative estimate of drug-likeness (QED) is 0.623. The molecule has 1 aliphatic rings. The van der Waals surface area contributed by atoms with E-state index in [2.05, 4.69) is 15.1 Å². The molecule has 3 aromatic rings. The Morgan fingerprint density at radius 1 is 1.16 bits per heavy atom. The number of aromatic nitrogens is 4. The normalized spacial score (nSPS) is 15.8. The van der Waals surface area contributed by atoms with Crippen LogP contribution in [-0.4, -0.2) is 51.2 Å². The van der Waals surface area contributed by atoms with Crippen LogP contribution in [0.4, 0.5) is 27.9 Å². The largest absolute Gasteiger partial charge is 0.503 e. The summed E-state index contributed by atoms with van der Waals surface area (Å²) in [7, 11) is 3.14. The standard InChI is InChI=1S/C19H18F5N5O2/c1-28-17-11(8-25-18(26-17)29-5-3-9(31-2)4-6-29)15(27-28)10-7-12(19(22,23)24)14(21)16(30)13(10)20/h7-9,30H,3-6H2,1-2H3. The molecule has 0 radical (unpaired) electrons. The first kappa shape index (κ1) is 21.2. The van der Waals surface area contributed by atoms with Crippen molar-refractivity contribution in [2.45, 2.75) is 25.1 Å². The lowest BCUT2D eigenvalue weighted by atomic mass is 10.0. The van der Waals surface area contributed by atoms with E-state index in [-0.39, 0.29) is 28.9 Å². The number of hydrogen-bond acceptors (Lipinski definition) is 6. The Bertz CT molecular complexity index is 1140. The second kappa shape index (κ2) is 7.59. The third kappa shape index (κ3) is 3.64. The number of halogens is 5. The molecule has 2 aromatic heterocycles. The van der Waals surface area contributed by atoms with E-state index in [1.54, 1.807) is 7.11 Å². The van der Waals surface area contributed by atoms with E-state index in [4.69, 9.17) is 4.74 Å². The highest BCUT2D eigenvalue weighted by atomic mass is 19.4. The summed E-state index contributed by atoms with van der Waals surface area (Å²) in [5.74, 6) is -4.94. The third-order valence-corrected chi connectivity index (χ3v) is 5.36. The number of alkyl halides is 3. The Hall–Kier alpha value is -3.02. The number of phenols is 1. The van der Waals surface area contributed by atoms with Crippen LogP contribution in [0.3, 0.4) is 0 Å². The highest BCUT2D eigenvalue weighted by molar-refractivity contribution is 5.91. The number of benzene rings is 1. The van der Waals surface area contributed by atoms with Gasteiger partial charge in [-0.3, -0.25) is 0 Å². The summed E-state index contributed by atoms with van der Waals surface area (Å²) in [6, 6.07) is 0.287. The average Bonchev–Trinajstić information content (AvgIpc) is 3.07. The van der Waals surface area contributed by atoms with E-state index in [1.165, 1.54) is 17.9 Å². The van der Waals surface area contributed by atoms with Crippen LogP contribution < -0.4 is 4.90 Å². The van der Waals surface area contributed by atoms with Gasteiger partial charge in [-0.1, -0.05) is 0 Å². The molecule has 1 saturated heterocycles. The van der Waals surface area contributed by atoms with E-state index in [1.807, 2.05) is 4.90 Å². The number of phenolic OH excluding ortho intramolecular Hbond substituents is 1. The van der Waals surface area contributed by atoms with Crippen molar-refractivity contribution in [3.05, 3.63) is 29.5 Å². The summed E-state index contributed by atoms with van der Waals surface area (Å²) in [6.07, 6.45) is -2.08. The van der Waals surface area contributed by atoms with Gasteiger partial charge in [0.1, 0.15) is 5.69 Å². The fourth-order valence-corrected chi connectivity index (χ4v) is 3.67. The Balaban J connectivity index is 1.79. The van der Waals surface area contributed by atoms with E-state index < -0.39 is 34.7 Å². The van der Waals surface area contributed by atoms with Gasteiger partial charge < -0.3 is 14.7 Å². The lowest BCUT2D eigenvalue weighted by Gasteiger charge is -2.31. The minimum atomic E-state index is -5.13. The maximum atomic E-state index is 14.5. The summed E-state index contributed by atoms with van der Waals surface area (Å²) < 4.78 is 74.4. The summed E-state index contributed by atoms with van der Waals surface area (Å²) in [6.45, 7) is 1.31. The van der Waals surface area contributed by atoms with Gasteiger partial charge in [-0.05, 0) is 18.9 Å². The van der Waals surface area contributed by atoms with Crippen molar-refractivity contribution in [1.29, 1.82) is 0 Å². The zero-order valence-corrected chi connectivity index (χ0v) is 16.5. The van der Waals surface area contributed by atoms with Crippen LogP contribution in [0.15, 0.2) is 12.3 Å². The van der Waals surface area contributed by atoms with Gasteiger partial charge in [-0.25, -0.2) is 18.4 Å². The molecule has 166 valence electrons. The number of ether oxygens (including phenoxy) is 1. The Kier molecular flexibility index (Phi) is 5.20. The van der Waals surface area contributed by atoms with Gasteiger partial charge in [0.05, 0.1) is 17.1 Å². The number of anilines is 1. The topological polar surface area (TPSA) is 76.3 Å². The number of nitrogens with zero attached hydrogens (tertiary/aromatic N) is 5. The number of methoxy groups -OCH3 is 1. The molecule has 0 saturated carbocycles. The number of aromatic hydroxyl groups is 1. The fourth-order valence-electron chi connectivity index (χ4n) is 3.67. The summed E-state index contributed by atoms with van der Waals surface area (Å²) in [5.41, 5.74) is -2.47. The zero-order valence-electron chi connectivity index (χ0n) is 16.5. The van der Waals surface area contributed by atoms with Gasteiger partial charge >= 0.3 is 6.18 Å². The molecule has 0 atom stereocenters. The molecule has 1 aromatic carbocycles. The molecule has 1 N–H and O–H groups in total. The fraction of sp³-hybridized carbons (Fsp3) is 0.421. The van der Waals surface area contributed by atoms with Crippen molar-refractivity contribution in [2.24, 2.45) is 7.05 Å². The molecule has 0 spiro atoms. The van der Waals surface area contributed by atoms with Crippen molar-refractivity contribution in [1.82, 2.24) is 19.7 Å². The second-order valence-corrected chi connectivity index (χ2v) is 7.25. The van der Waals surface area contributed by atoms with E-state index in [0.29, 0.717) is 19.0 Å². The maximum absolute atomic E-state index is 14.5. The number of aryl methyl sites for hydroxylation is 1. The molecule has 0 amide bonds. The van der Waals surface area contributed by atoms with Crippen molar-refractivity contribution in [3.63, 3.8) is 0 Å². The zero-order chi connectivity index (χ0) is 22.5. The van der Waals surface area contributed by atoms with Crippen LogP contribution in [0.1, 0.15) is 18.4 Å². The van der Waals surface area contributed by atoms with Crippen LogP contribution in [0, 0.1) is 11.6 Å². The van der Waals surface area contributed by atoms with Crippen molar-refractivity contribution in [3.8, 4) is 17.0 Å². The van der Waals surface area contributed by atoms with Gasteiger partial charge in [0.2, 0.25) is 5.95 Å². The van der Waals surface area contributed by atoms with E-state index in [0.717, 1.165) is 12.8 Å². The summed E-state index contributed by atoms with van der Waals surface area (Å²) in [5, 5.41) is 13.8. The first-order chi connectivity index (χ1) is 14.6. The molecule has 4 rings (SSSR count). The molecule has 0 aliphatic carbocycles. The molecule has 0 unspecified atom stereocenters. The van der Waals surface area contributed by atoms with E-state index >= 15 is 0 Å². The molecular weight excluding hydrogens is 425 g/mol. The van der Waals surface area contributed by atoms with Gasteiger partial charge in [-0.2, -0.15) is 23.3 Å². The molecule has 12 heteroatoms. The second-order valence-electron chi connectivity index (χ2n) is 7.25. The van der Waals surface area contributed by atoms with Crippen LogP contribution in [0.2, 0.25) is 0 Å². The summed E-state index contributed by atoms with van der Waals surface area (Å²) in [4.78, 5) is 10.6. The van der Waals surface area contributed by atoms with Gasteiger partial charge in [0.15, 0.2) is 23.0 Å². The first-order valence-electron chi connectivity index (χ1n) is 9.37. The van der Waals surface area contributed by atoms with Crippen molar-refractivity contribution < 1.29 is 31.8 Å². The maximum Gasteiger partial charge on any atom is 0.419 e. The van der Waals surface area contributed by atoms with Gasteiger partial charge in [0.25, 0.3) is 0 Å². The van der Waals surface area contributed by atoms with E-state index in [9.17, 15) is 27.1 Å². The molecule has 7 nitrogen and oxygen atoms in total. The van der Waals surface area contributed by atoms with Gasteiger partial charge in [-0.15, -0.1) is 0 Å². The number of fused-ring (bicyclic) bond motifs is 1. The SMILES string of the molecule is COC1CCN(c2ncc3c(-c4cc(C(F)(F)F)c(F)c(O)c4F)nn(C)c3n2)CC1. The number of piperidine rings is 1. The first-order valence-corrected chi connectivity index (χ1v) is 9.37. The van der Waals surface area contributed by atoms with Crippen LogP contribution in [0.5, 0.6) is 5.75 Å². The molecule has 31 heavy (non-hydrogen) atoms. The number of rotatable bonds is 3. The Morgan fingerprint density at radius 2 is 1.84 bits per heavy atom. The Morgan fingerprint density at radius 3 is 2.45 bits per heavy atom. The van der Waals surface area contributed by atoms with Crippen molar-refractivity contribution in [2.75, 3.05) is 25.1 Å². The smallest absolute Gasteiger partial charge is 0.419 e. The van der Waals surface area contributed by atoms with Crippen LogP contribution in [0.25, 0.3) is 22.3 Å². The highest BCUT2D eigenvalue weighted by Gasteiger charge is 2.38. The highest BCUT2D eigenvalue weighted by Crippen LogP contribution is 2.41. The number of hydrogen-bond donors (Lipinski definition) is 1. The predicted octanol–water partition coefficient (Wildman–Crippen LogP) is 3.65. The monoisotopic (exact) mass is 443 g/mol. The Labute approximate surface area is 173 Å². The summed E-state index contributed by atoms with van der Waals surface area (Å²) >= 11 is 0. The van der Waals surface area contributed by atoms with Crippen LogP contribution in [-0.2, 0) is 18.0 Å². The lowest BCUT2D eigenvalue weighted by molar-refractivity contribution is -0.140. The predicted molar refractivity (Wildman–Crippen MR) is 101 cm³/mol. The van der Waals surface area contributed by atoms with Gasteiger partial charge in [0, 0.05) is 39.0 Å². The van der Waals surface area contributed by atoms with Crippen LogP contribution >= 0.6 is 0 Å². The lowest BCUT2D eigenvalue weighted by Crippen LogP contribution is -2.37. The molecular formula is C19H18F5N5O2.